The average molecular weight is 243 g/mol. The highest BCUT2D eigenvalue weighted by molar-refractivity contribution is 6.01. The van der Waals surface area contributed by atoms with Crippen LogP contribution in [0.4, 0.5) is 0 Å². The number of rotatable bonds is 0. The van der Waals surface area contributed by atoms with Crippen molar-refractivity contribution in [2.45, 2.75) is 25.5 Å². The number of nitrogens with one attached hydrogen (secondary N) is 1. The van der Waals surface area contributed by atoms with Crippen molar-refractivity contribution < 1.29 is 14.2 Å². The van der Waals surface area contributed by atoms with Crippen LogP contribution in [0.5, 0.6) is 0 Å². The topological polar surface area (TPSA) is 41.3 Å². The molecule has 2 heterocycles. The molecule has 2 aliphatic heterocycles. The van der Waals surface area contributed by atoms with E-state index in [0.29, 0.717) is 6.61 Å². The molecule has 4 heteroatoms. The summed E-state index contributed by atoms with van der Waals surface area (Å²) in [6.07, 6.45) is 2.77. The summed E-state index contributed by atoms with van der Waals surface area (Å²) in [5.41, 5.74) is 6.80. The van der Waals surface area contributed by atoms with Crippen molar-refractivity contribution in [1.82, 2.24) is 5.43 Å². The van der Waals surface area contributed by atoms with E-state index in [1.807, 2.05) is 4.68 Å². The zero-order valence-electron chi connectivity index (χ0n) is 10.1. The Morgan fingerprint density at radius 3 is 3.11 bits per heavy atom. The molecule has 3 aliphatic rings. The van der Waals surface area contributed by atoms with E-state index in [0.717, 1.165) is 19.3 Å². The second-order valence-corrected chi connectivity index (χ2v) is 5.11. The van der Waals surface area contributed by atoms with Gasteiger partial charge in [0.1, 0.15) is 5.92 Å². The molecular formula is C14H15N2O2+. The molecule has 1 aromatic carbocycles. The van der Waals surface area contributed by atoms with Crippen LogP contribution in [0.15, 0.2) is 24.3 Å². The van der Waals surface area contributed by atoms with Crippen LogP contribution in [0.3, 0.4) is 0 Å². The predicted molar refractivity (Wildman–Crippen MR) is 65.1 cm³/mol. The van der Waals surface area contributed by atoms with Crippen molar-refractivity contribution in [3.63, 3.8) is 0 Å². The summed E-state index contributed by atoms with van der Waals surface area (Å²) in [5.74, 6) is 0.111. The molecule has 0 aromatic heterocycles. The van der Waals surface area contributed by atoms with Gasteiger partial charge in [-0.1, -0.05) is 22.9 Å². The molecule has 0 spiro atoms. The van der Waals surface area contributed by atoms with Crippen molar-refractivity contribution in [2.24, 2.45) is 5.92 Å². The Labute approximate surface area is 105 Å². The van der Waals surface area contributed by atoms with Crippen LogP contribution in [0.25, 0.3) is 0 Å². The largest absolute Gasteiger partial charge is 0.319 e. The minimum absolute atomic E-state index is 0.00487. The molecule has 2 unspecified atom stereocenters. The van der Waals surface area contributed by atoms with E-state index < -0.39 is 0 Å². The number of ether oxygens (including phenoxy) is 1. The highest BCUT2D eigenvalue weighted by Crippen LogP contribution is 2.29. The summed E-state index contributed by atoms with van der Waals surface area (Å²) >= 11 is 0. The number of fused-ring (bicyclic) bond motifs is 2. The molecule has 1 N–H and O–H groups in total. The molecule has 1 amide bonds. The van der Waals surface area contributed by atoms with E-state index in [-0.39, 0.29) is 18.1 Å². The van der Waals surface area contributed by atoms with Gasteiger partial charge < -0.3 is 4.74 Å². The third kappa shape index (κ3) is 1.29. The van der Waals surface area contributed by atoms with E-state index in [2.05, 4.69) is 29.7 Å². The van der Waals surface area contributed by atoms with Crippen LogP contribution in [-0.2, 0) is 16.0 Å². The number of hydrogen-bond donors (Lipinski definition) is 1. The van der Waals surface area contributed by atoms with Crippen LogP contribution < -0.4 is 5.43 Å². The quantitative estimate of drug-likeness (QED) is 0.686. The predicted octanol–water partition coefficient (Wildman–Crippen LogP) is 0.842. The number of benzene rings is 1. The molecule has 18 heavy (non-hydrogen) atoms. The summed E-state index contributed by atoms with van der Waals surface area (Å²) in [4.78, 5) is 11.9. The molecule has 1 aliphatic carbocycles. The van der Waals surface area contributed by atoms with Crippen molar-refractivity contribution in [2.75, 3.05) is 6.61 Å². The third-order valence-electron chi connectivity index (χ3n) is 4.13. The van der Waals surface area contributed by atoms with Gasteiger partial charge in [0.25, 0.3) is 12.1 Å². The van der Waals surface area contributed by atoms with Crippen LogP contribution in [-0.4, -0.2) is 29.1 Å². The molecular weight excluding hydrogens is 228 g/mol. The maximum atomic E-state index is 11.9. The van der Waals surface area contributed by atoms with Gasteiger partial charge in [-0.25, -0.2) is 0 Å². The minimum Gasteiger partial charge on any atom is -0.319 e. The first-order valence-electron chi connectivity index (χ1n) is 6.50. The van der Waals surface area contributed by atoms with Crippen LogP contribution in [0.1, 0.15) is 24.0 Å². The third-order valence-corrected chi connectivity index (χ3v) is 4.13. The fraction of sp³-hybridized carbons (Fsp3) is 0.429. The van der Waals surface area contributed by atoms with Crippen molar-refractivity contribution in [3.05, 3.63) is 35.4 Å². The SMILES string of the molecule is O=C1N/[N+](=C2/CCc3ccccc32)C2OCCC12. The Hall–Kier alpha value is -1.68. The van der Waals surface area contributed by atoms with Gasteiger partial charge in [0.15, 0.2) is 0 Å². The summed E-state index contributed by atoms with van der Waals surface area (Å²) in [7, 11) is 0. The van der Waals surface area contributed by atoms with Gasteiger partial charge in [-0.3, -0.25) is 4.79 Å². The monoisotopic (exact) mass is 243 g/mol. The Bertz CT molecular complexity index is 565. The fourth-order valence-electron chi connectivity index (χ4n) is 3.23. The first-order chi connectivity index (χ1) is 8.84. The van der Waals surface area contributed by atoms with Gasteiger partial charge in [0.2, 0.25) is 5.71 Å². The first kappa shape index (κ1) is 10.3. The Balaban J connectivity index is 1.83. The highest BCUT2D eigenvalue weighted by atomic mass is 16.5. The minimum atomic E-state index is -0.0985. The smallest absolute Gasteiger partial charge is 0.298 e. The number of nitrogens with zero attached hydrogens (tertiary/aromatic N) is 1. The molecule has 2 atom stereocenters. The molecule has 0 bridgehead atoms. The summed E-state index contributed by atoms with van der Waals surface area (Å²) in [5, 5.41) is 0. The normalized spacial score (nSPS) is 33.4. The van der Waals surface area contributed by atoms with Gasteiger partial charge in [0.05, 0.1) is 6.61 Å². The van der Waals surface area contributed by atoms with E-state index in [9.17, 15) is 4.79 Å². The van der Waals surface area contributed by atoms with Gasteiger partial charge in [-0.2, -0.15) is 0 Å². The summed E-state index contributed by atoms with van der Waals surface area (Å²) < 4.78 is 7.67. The van der Waals surface area contributed by atoms with Gasteiger partial charge in [0, 0.05) is 12.0 Å². The molecule has 0 radical (unpaired) electrons. The first-order valence-corrected chi connectivity index (χ1v) is 6.50. The lowest BCUT2D eigenvalue weighted by molar-refractivity contribution is -0.634. The molecule has 2 saturated heterocycles. The molecule has 1 aromatic rings. The van der Waals surface area contributed by atoms with Gasteiger partial charge in [-0.05, 0) is 24.5 Å². The molecule has 2 fully saturated rings. The lowest BCUT2D eigenvalue weighted by atomic mass is 10.1. The molecule has 92 valence electrons. The van der Waals surface area contributed by atoms with E-state index in [4.69, 9.17) is 4.74 Å². The maximum absolute atomic E-state index is 11.9. The lowest BCUT2D eigenvalue weighted by Crippen LogP contribution is -2.35. The summed E-state index contributed by atoms with van der Waals surface area (Å²) in [6, 6.07) is 8.41. The number of amides is 1. The number of hydrogen-bond acceptors (Lipinski definition) is 2. The number of carbonyl (C=O) groups is 1. The zero-order chi connectivity index (χ0) is 12.1. The Morgan fingerprint density at radius 1 is 1.28 bits per heavy atom. The molecule has 4 rings (SSSR count). The average Bonchev–Trinajstić information content (AvgIpc) is 3.06. The second-order valence-electron chi connectivity index (χ2n) is 5.11. The maximum Gasteiger partial charge on any atom is 0.298 e. The fourth-order valence-corrected chi connectivity index (χ4v) is 3.23. The molecule has 0 saturated carbocycles. The number of hydrazone groups is 1. The highest BCUT2D eigenvalue weighted by Gasteiger charge is 2.52. The van der Waals surface area contributed by atoms with E-state index in [1.54, 1.807) is 0 Å². The number of hydrazine groups is 1. The van der Waals surface area contributed by atoms with Crippen molar-refractivity contribution in [1.29, 1.82) is 0 Å². The van der Waals surface area contributed by atoms with Crippen LogP contribution >= 0.6 is 0 Å². The second kappa shape index (κ2) is 3.65. The van der Waals surface area contributed by atoms with Crippen LogP contribution in [0, 0.1) is 5.92 Å². The van der Waals surface area contributed by atoms with Gasteiger partial charge >= 0.3 is 0 Å². The Morgan fingerprint density at radius 2 is 2.17 bits per heavy atom. The summed E-state index contributed by atoms with van der Waals surface area (Å²) in [6.45, 7) is 0.689. The molecule has 4 nitrogen and oxygen atoms in total. The van der Waals surface area contributed by atoms with Crippen molar-refractivity contribution >= 4 is 11.6 Å². The number of carbonyl (C=O) groups excluding carboxylic acids is 1. The van der Waals surface area contributed by atoms with Crippen molar-refractivity contribution in [3.8, 4) is 0 Å². The Kier molecular flexibility index (Phi) is 2.08. The zero-order valence-corrected chi connectivity index (χ0v) is 10.1. The van der Waals surface area contributed by atoms with Crippen LogP contribution in [0.2, 0.25) is 0 Å². The lowest BCUT2D eigenvalue weighted by Gasteiger charge is -2.05. The number of aryl methyl sites for hydroxylation is 1. The van der Waals surface area contributed by atoms with E-state index in [1.165, 1.54) is 16.8 Å². The standard InChI is InChI=1S/C14H14N2O2/c17-13-11-7-8-18-14(11)16(15-13)12-6-5-9-3-1-2-4-10(9)12/h1-4,11,14H,5-8H2/p+1/b16-12-. The van der Waals surface area contributed by atoms with E-state index >= 15 is 0 Å². The van der Waals surface area contributed by atoms with Gasteiger partial charge in [-0.15, -0.1) is 5.43 Å².